The Hall–Kier alpha value is -0.150. The highest BCUT2D eigenvalue weighted by Gasteiger charge is 2.54. The second-order valence-electron chi connectivity index (χ2n) is 4.46. The Kier molecular flexibility index (Phi) is 4.53. The fraction of sp³-hybridized carbons (Fsp3) is 1.00. The molecule has 3 atom stereocenters. The lowest BCUT2D eigenvalue weighted by Gasteiger charge is -2.37. The summed E-state index contributed by atoms with van der Waals surface area (Å²) in [4.78, 5) is 0. The Morgan fingerprint density at radius 2 is 2.07 bits per heavy atom. The minimum absolute atomic E-state index is 0.0428. The van der Waals surface area contributed by atoms with Crippen LogP contribution in [-0.4, -0.2) is 29.5 Å². The lowest BCUT2D eigenvalue weighted by molar-refractivity contribution is 0.0418. The van der Waals surface area contributed by atoms with Gasteiger partial charge in [-0.05, 0) is 25.7 Å². The molecule has 2 aliphatic rings. The Labute approximate surface area is 92.3 Å². The number of alkyl halides is 1. The van der Waals surface area contributed by atoms with E-state index in [0.29, 0.717) is 19.4 Å². The van der Waals surface area contributed by atoms with Crippen molar-refractivity contribution in [2.45, 2.75) is 64.3 Å². The van der Waals surface area contributed by atoms with Crippen molar-refractivity contribution in [3.63, 3.8) is 0 Å². The van der Waals surface area contributed by atoms with Crippen molar-refractivity contribution in [3.8, 4) is 0 Å². The van der Waals surface area contributed by atoms with E-state index < -0.39 is 6.17 Å². The summed E-state index contributed by atoms with van der Waals surface area (Å²) in [6, 6.07) is 0. The highest BCUT2D eigenvalue weighted by molar-refractivity contribution is 5.11. The number of hydrogen-bond acceptors (Lipinski definition) is 2. The summed E-state index contributed by atoms with van der Waals surface area (Å²) in [5.41, 5.74) is 0.0641. The molecule has 2 N–H and O–H groups in total. The normalized spacial score (nSPS) is 34.2. The van der Waals surface area contributed by atoms with Gasteiger partial charge in [0.25, 0.3) is 0 Å². The van der Waals surface area contributed by atoms with Crippen LogP contribution in [-0.2, 0) is 0 Å². The maximum Gasteiger partial charge on any atom is 0.105 e. The average molecular weight is 217 g/mol. The smallest absolute Gasteiger partial charge is 0.105 e. The van der Waals surface area contributed by atoms with E-state index in [0.717, 1.165) is 12.8 Å². The number of hydrogen-bond donors (Lipinski definition) is 2. The van der Waals surface area contributed by atoms with Gasteiger partial charge < -0.3 is 10.4 Å². The first-order valence-electron chi connectivity index (χ1n) is 6.25. The van der Waals surface area contributed by atoms with E-state index in [1.165, 1.54) is 0 Å². The molecule has 2 fully saturated rings. The number of aliphatic hydroxyl groups excluding tert-OH is 1. The highest BCUT2D eigenvalue weighted by Crippen LogP contribution is 2.48. The van der Waals surface area contributed by atoms with Crippen molar-refractivity contribution < 1.29 is 9.50 Å². The van der Waals surface area contributed by atoms with E-state index in [-0.39, 0.29) is 17.6 Å². The molecule has 0 aromatic rings. The molecule has 0 aromatic heterocycles. The van der Waals surface area contributed by atoms with Gasteiger partial charge in [-0.25, -0.2) is 4.39 Å². The fourth-order valence-electron chi connectivity index (χ4n) is 2.51. The van der Waals surface area contributed by atoms with Gasteiger partial charge in [0.15, 0.2) is 0 Å². The summed E-state index contributed by atoms with van der Waals surface area (Å²) < 4.78 is 13.6. The van der Waals surface area contributed by atoms with Crippen LogP contribution in [0.2, 0.25) is 0 Å². The van der Waals surface area contributed by atoms with Crippen molar-refractivity contribution in [2.75, 3.05) is 6.54 Å². The van der Waals surface area contributed by atoms with Crippen molar-refractivity contribution in [1.29, 1.82) is 0 Å². The van der Waals surface area contributed by atoms with Gasteiger partial charge in [0.05, 0.1) is 6.10 Å². The second-order valence-corrected chi connectivity index (χ2v) is 4.46. The van der Waals surface area contributed by atoms with E-state index in [4.69, 9.17) is 0 Å². The van der Waals surface area contributed by atoms with Gasteiger partial charge in [0.2, 0.25) is 0 Å². The third-order valence-electron chi connectivity index (χ3n) is 3.54. The predicted molar refractivity (Wildman–Crippen MR) is 60.6 cm³/mol. The molecule has 3 heteroatoms. The first-order valence-corrected chi connectivity index (χ1v) is 6.25. The number of piperidine rings is 1. The van der Waals surface area contributed by atoms with Gasteiger partial charge in [0, 0.05) is 18.0 Å². The van der Waals surface area contributed by atoms with Crippen LogP contribution in [0.4, 0.5) is 4.39 Å². The van der Waals surface area contributed by atoms with Gasteiger partial charge >= 0.3 is 0 Å². The minimum atomic E-state index is -0.745. The van der Waals surface area contributed by atoms with Crippen LogP contribution < -0.4 is 5.32 Å². The van der Waals surface area contributed by atoms with Crippen LogP contribution in [0.25, 0.3) is 0 Å². The molecule has 1 saturated heterocycles. The number of β-amino-alcohol motifs (C(OH)–C–C–N with tert-alkyl or cyclic N) is 1. The highest BCUT2D eigenvalue weighted by atomic mass is 19.1. The molecule has 1 aliphatic carbocycles. The molecule has 2 nitrogen and oxygen atoms in total. The van der Waals surface area contributed by atoms with Gasteiger partial charge in [0.1, 0.15) is 6.17 Å². The van der Waals surface area contributed by atoms with Crippen LogP contribution >= 0.6 is 0 Å². The lowest BCUT2D eigenvalue weighted by atomic mass is 9.82. The van der Waals surface area contributed by atoms with Crippen LogP contribution in [0.1, 0.15) is 46.5 Å². The SMILES string of the molecule is CC.CCC(F)C1CC(O)CNC12CC2. The van der Waals surface area contributed by atoms with Gasteiger partial charge in [-0.3, -0.25) is 0 Å². The average Bonchev–Trinajstić information content (AvgIpc) is 3.05. The molecule has 1 spiro atoms. The zero-order valence-electron chi connectivity index (χ0n) is 10.1. The third-order valence-corrected chi connectivity index (χ3v) is 3.54. The molecule has 1 aliphatic heterocycles. The summed E-state index contributed by atoms with van der Waals surface area (Å²) in [5.74, 6) is 0.0428. The summed E-state index contributed by atoms with van der Waals surface area (Å²) in [5, 5.41) is 12.7. The maximum absolute atomic E-state index is 13.6. The Balaban J connectivity index is 0.000000531. The standard InChI is InChI=1S/C10H18FNO.C2H6/c1-2-9(11)8-5-7(13)6-12-10(8)3-4-10;1-2/h7-9,12-13H,2-6H2,1H3;1-2H3. The Morgan fingerprint density at radius 3 is 2.53 bits per heavy atom. The Bertz CT molecular complexity index is 194. The molecule has 1 heterocycles. The quantitative estimate of drug-likeness (QED) is 0.743. The first kappa shape index (κ1) is 12.9. The van der Waals surface area contributed by atoms with Gasteiger partial charge in [-0.2, -0.15) is 0 Å². The van der Waals surface area contributed by atoms with E-state index in [1.807, 2.05) is 20.8 Å². The molecule has 0 radical (unpaired) electrons. The van der Waals surface area contributed by atoms with Crippen LogP contribution in [0, 0.1) is 5.92 Å². The summed E-state index contributed by atoms with van der Waals surface area (Å²) >= 11 is 0. The molecular weight excluding hydrogens is 193 g/mol. The Morgan fingerprint density at radius 1 is 1.47 bits per heavy atom. The van der Waals surface area contributed by atoms with E-state index >= 15 is 0 Å². The maximum atomic E-state index is 13.6. The van der Waals surface area contributed by atoms with Crippen LogP contribution in [0.5, 0.6) is 0 Å². The summed E-state index contributed by atoms with van der Waals surface area (Å²) in [6.45, 7) is 6.52. The predicted octanol–water partition coefficient (Wildman–Crippen LogP) is 2.26. The molecule has 3 unspecified atom stereocenters. The topological polar surface area (TPSA) is 32.3 Å². The van der Waals surface area contributed by atoms with E-state index in [1.54, 1.807) is 0 Å². The van der Waals surface area contributed by atoms with Gasteiger partial charge in [-0.15, -0.1) is 0 Å². The molecule has 0 bridgehead atoms. The van der Waals surface area contributed by atoms with Crippen LogP contribution in [0.3, 0.4) is 0 Å². The minimum Gasteiger partial charge on any atom is -0.392 e. The number of aliphatic hydroxyl groups is 1. The number of rotatable bonds is 2. The molecule has 0 amide bonds. The third kappa shape index (κ3) is 2.70. The summed E-state index contributed by atoms with van der Waals surface area (Å²) in [7, 11) is 0. The molecule has 1 saturated carbocycles. The summed E-state index contributed by atoms with van der Waals surface area (Å²) in [6.07, 6.45) is 2.30. The number of nitrogens with one attached hydrogen (secondary N) is 1. The molecule has 15 heavy (non-hydrogen) atoms. The van der Waals surface area contributed by atoms with Crippen molar-refractivity contribution >= 4 is 0 Å². The van der Waals surface area contributed by atoms with Crippen molar-refractivity contribution in [3.05, 3.63) is 0 Å². The monoisotopic (exact) mass is 217 g/mol. The first-order chi connectivity index (χ1) is 7.18. The van der Waals surface area contributed by atoms with Crippen LogP contribution in [0.15, 0.2) is 0 Å². The molecule has 90 valence electrons. The lowest BCUT2D eigenvalue weighted by Crippen LogP contribution is -2.52. The van der Waals surface area contributed by atoms with E-state index in [2.05, 4.69) is 5.32 Å². The number of halogens is 1. The van der Waals surface area contributed by atoms with Crippen molar-refractivity contribution in [1.82, 2.24) is 5.32 Å². The molecule has 2 rings (SSSR count). The van der Waals surface area contributed by atoms with Gasteiger partial charge in [-0.1, -0.05) is 20.8 Å². The zero-order chi connectivity index (χ0) is 11.5. The largest absolute Gasteiger partial charge is 0.392 e. The fourth-order valence-corrected chi connectivity index (χ4v) is 2.51. The second kappa shape index (κ2) is 5.26. The molecule has 0 aromatic carbocycles. The zero-order valence-corrected chi connectivity index (χ0v) is 10.1. The van der Waals surface area contributed by atoms with Crippen molar-refractivity contribution in [2.24, 2.45) is 5.92 Å². The molecular formula is C12H24FNO. The van der Waals surface area contributed by atoms with E-state index in [9.17, 15) is 9.50 Å².